The number of hydrogen-bond acceptors (Lipinski definition) is 3. The van der Waals surface area contributed by atoms with Crippen molar-refractivity contribution < 1.29 is 14.0 Å². The van der Waals surface area contributed by atoms with Crippen molar-refractivity contribution >= 4 is 29.1 Å². The standard InChI is InChI=1S/C16H15ClN2O3/c1-10-7-9-22-14(10)15(20)18-12-6-8-19(16(12)21)13-5-3-2-4-11(13)17/h2-5,7,9,12H,6,8H2,1H3,(H,18,20)/t12-/m1/s1. The van der Waals surface area contributed by atoms with E-state index in [1.807, 2.05) is 12.1 Å². The lowest BCUT2D eigenvalue weighted by Gasteiger charge is -2.18. The molecule has 0 aliphatic carbocycles. The van der Waals surface area contributed by atoms with Gasteiger partial charge in [-0.3, -0.25) is 9.59 Å². The van der Waals surface area contributed by atoms with Gasteiger partial charge in [-0.05, 0) is 31.5 Å². The molecule has 1 aromatic heterocycles. The van der Waals surface area contributed by atoms with E-state index >= 15 is 0 Å². The molecule has 1 aromatic carbocycles. The van der Waals surface area contributed by atoms with Crippen molar-refractivity contribution in [3.05, 3.63) is 52.9 Å². The molecule has 1 saturated heterocycles. The molecule has 6 heteroatoms. The predicted molar refractivity (Wildman–Crippen MR) is 83.1 cm³/mol. The highest BCUT2D eigenvalue weighted by molar-refractivity contribution is 6.34. The minimum Gasteiger partial charge on any atom is -0.459 e. The van der Waals surface area contributed by atoms with Crippen LogP contribution in [0.3, 0.4) is 0 Å². The monoisotopic (exact) mass is 318 g/mol. The largest absolute Gasteiger partial charge is 0.459 e. The van der Waals surface area contributed by atoms with Gasteiger partial charge in [0, 0.05) is 12.1 Å². The third kappa shape index (κ3) is 2.60. The number of furan rings is 1. The highest BCUT2D eigenvalue weighted by Crippen LogP contribution is 2.29. The second kappa shape index (κ2) is 5.85. The molecule has 3 rings (SSSR count). The Morgan fingerprint density at radius 1 is 1.36 bits per heavy atom. The number of hydrogen-bond donors (Lipinski definition) is 1. The summed E-state index contributed by atoms with van der Waals surface area (Å²) in [6.07, 6.45) is 1.99. The molecule has 2 aromatic rings. The molecule has 1 fully saturated rings. The molecule has 0 bridgehead atoms. The molecule has 0 unspecified atom stereocenters. The molecule has 2 amide bonds. The molecular formula is C16H15ClN2O3. The van der Waals surface area contributed by atoms with Gasteiger partial charge in [0.05, 0.1) is 17.0 Å². The molecule has 1 aliphatic heterocycles. The number of amides is 2. The summed E-state index contributed by atoms with van der Waals surface area (Å²) < 4.78 is 5.14. The van der Waals surface area contributed by atoms with Crippen molar-refractivity contribution in [2.75, 3.05) is 11.4 Å². The van der Waals surface area contributed by atoms with Crippen molar-refractivity contribution in [3.8, 4) is 0 Å². The van der Waals surface area contributed by atoms with E-state index in [0.29, 0.717) is 23.7 Å². The Balaban J connectivity index is 1.73. The Labute approximate surface area is 132 Å². The van der Waals surface area contributed by atoms with Crippen LogP contribution in [-0.2, 0) is 4.79 Å². The normalized spacial score (nSPS) is 17.8. The van der Waals surface area contributed by atoms with Crippen LogP contribution in [0.5, 0.6) is 0 Å². The third-order valence-electron chi connectivity index (χ3n) is 3.72. The summed E-state index contributed by atoms with van der Waals surface area (Å²) in [7, 11) is 0. The summed E-state index contributed by atoms with van der Waals surface area (Å²) in [4.78, 5) is 26.2. The molecule has 1 atom stereocenters. The van der Waals surface area contributed by atoms with E-state index in [-0.39, 0.29) is 17.6 Å². The Kier molecular flexibility index (Phi) is 3.90. The topological polar surface area (TPSA) is 62.6 Å². The fourth-order valence-corrected chi connectivity index (χ4v) is 2.79. The number of nitrogens with zero attached hydrogens (tertiary/aromatic N) is 1. The van der Waals surface area contributed by atoms with Crippen LogP contribution in [0.1, 0.15) is 22.5 Å². The third-order valence-corrected chi connectivity index (χ3v) is 4.04. The van der Waals surface area contributed by atoms with Crippen molar-refractivity contribution in [2.24, 2.45) is 0 Å². The average Bonchev–Trinajstić information content (AvgIpc) is 3.07. The highest BCUT2D eigenvalue weighted by Gasteiger charge is 2.35. The number of anilines is 1. The average molecular weight is 319 g/mol. The number of carbonyl (C=O) groups excluding carboxylic acids is 2. The van der Waals surface area contributed by atoms with Gasteiger partial charge in [-0.1, -0.05) is 23.7 Å². The Bertz CT molecular complexity index is 726. The predicted octanol–water partition coefficient (Wildman–Crippen LogP) is 2.78. The van der Waals surface area contributed by atoms with Crippen LogP contribution in [-0.4, -0.2) is 24.4 Å². The zero-order valence-electron chi connectivity index (χ0n) is 12.0. The maximum absolute atomic E-state index is 12.5. The number of carbonyl (C=O) groups is 2. The highest BCUT2D eigenvalue weighted by atomic mass is 35.5. The van der Waals surface area contributed by atoms with Gasteiger partial charge >= 0.3 is 0 Å². The number of rotatable bonds is 3. The van der Waals surface area contributed by atoms with E-state index in [2.05, 4.69) is 5.32 Å². The van der Waals surface area contributed by atoms with E-state index in [0.717, 1.165) is 5.56 Å². The Morgan fingerprint density at radius 2 is 2.14 bits per heavy atom. The molecule has 0 radical (unpaired) electrons. The Morgan fingerprint density at radius 3 is 2.82 bits per heavy atom. The number of para-hydroxylation sites is 1. The number of benzene rings is 1. The first-order chi connectivity index (χ1) is 10.6. The van der Waals surface area contributed by atoms with Crippen LogP contribution < -0.4 is 10.2 Å². The van der Waals surface area contributed by atoms with Crippen LogP contribution in [0.4, 0.5) is 5.69 Å². The molecule has 5 nitrogen and oxygen atoms in total. The van der Waals surface area contributed by atoms with Gasteiger partial charge in [0.1, 0.15) is 6.04 Å². The fourth-order valence-electron chi connectivity index (χ4n) is 2.55. The first kappa shape index (κ1) is 14.7. The zero-order chi connectivity index (χ0) is 15.7. The van der Waals surface area contributed by atoms with Crippen molar-refractivity contribution in [2.45, 2.75) is 19.4 Å². The van der Waals surface area contributed by atoms with Gasteiger partial charge in [0.25, 0.3) is 5.91 Å². The van der Waals surface area contributed by atoms with E-state index in [4.69, 9.17) is 16.0 Å². The lowest BCUT2D eigenvalue weighted by Crippen LogP contribution is -2.41. The van der Waals surface area contributed by atoms with E-state index in [1.54, 1.807) is 30.0 Å². The van der Waals surface area contributed by atoms with E-state index in [9.17, 15) is 9.59 Å². The second-order valence-corrected chi connectivity index (χ2v) is 5.60. The number of aryl methyl sites for hydroxylation is 1. The number of halogens is 1. The van der Waals surface area contributed by atoms with Gasteiger partial charge in [-0.25, -0.2) is 0 Å². The minimum absolute atomic E-state index is 0.161. The Hall–Kier alpha value is -2.27. The molecule has 2 heterocycles. The van der Waals surface area contributed by atoms with Gasteiger partial charge in [0.2, 0.25) is 5.91 Å². The lowest BCUT2D eigenvalue weighted by atomic mass is 10.2. The SMILES string of the molecule is Cc1ccoc1C(=O)N[C@@H]1CCN(c2ccccc2Cl)C1=O. The van der Waals surface area contributed by atoms with Crippen molar-refractivity contribution in [3.63, 3.8) is 0 Å². The van der Waals surface area contributed by atoms with Gasteiger partial charge < -0.3 is 14.6 Å². The quantitative estimate of drug-likeness (QED) is 0.946. The molecule has 22 heavy (non-hydrogen) atoms. The van der Waals surface area contributed by atoms with Crippen LogP contribution in [0.25, 0.3) is 0 Å². The molecule has 0 saturated carbocycles. The maximum Gasteiger partial charge on any atom is 0.287 e. The maximum atomic E-state index is 12.5. The molecular weight excluding hydrogens is 304 g/mol. The van der Waals surface area contributed by atoms with E-state index < -0.39 is 6.04 Å². The van der Waals surface area contributed by atoms with Crippen LogP contribution in [0.2, 0.25) is 5.02 Å². The minimum atomic E-state index is -0.562. The first-order valence-electron chi connectivity index (χ1n) is 6.99. The summed E-state index contributed by atoms with van der Waals surface area (Å²) >= 11 is 6.13. The molecule has 0 spiro atoms. The van der Waals surface area contributed by atoms with Gasteiger partial charge in [-0.2, -0.15) is 0 Å². The number of nitrogens with one attached hydrogen (secondary N) is 1. The summed E-state index contributed by atoms with van der Waals surface area (Å²) in [5.41, 5.74) is 1.41. The van der Waals surface area contributed by atoms with Gasteiger partial charge in [-0.15, -0.1) is 0 Å². The summed E-state index contributed by atoms with van der Waals surface area (Å²) in [6, 6.07) is 8.32. The van der Waals surface area contributed by atoms with Crippen LogP contribution in [0.15, 0.2) is 41.0 Å². The zero-order valence-corrected chi connectivity index (χ0v) is 12.8. The second-order valence-electron chi connectivity index (χ2n) is 5.19. The lowest BCUT2D eigenvalue weighted by molar-refractivity contribution is -0.118. The molecule has 114 valence electrons. The molecule has 1 aliphatic rings. The van der Waals surface area contributed by atoms with Crippen molar-refractivity contribution in [1.82, 2.24) is 5.32 Å². The van der Waals surface area contributed by atoms with Crippen molar-refractivity contribution in [1.29, 1.82) is 0 Å². The smallest absolute Gasteiger partial charge is 0.287 e. The summed E-state index contributed by atoms with van der Waals surface area (Å²) in [6.45, 7) is 2.30. The summed E-state index contributed by atoms with van der Waals surface area (Å²) in [5.74, 6) is -0.295. The molecule has 1 N–H and O–H groups in total. The van der Waals surface area contributed by atoms with Gasteiger partial charge in [0.15, 0.2) is 5.76 Å². The summed E-state index contributed by atoms with van der Waals surface area (Å²) in [5, 5.41) is 3.24. The van der Waals surface area contributed by atoms with E-state index in [1.165, 1.54) is 6.26 Å². The first-order valence-corrected chi connectivity index (χ1v) is 7.36. The van der Waals surface area contributed by atoms with Crippen LogP contribution >= 0.6 is 11.6 Å². The fraction of sp³-hybridized carbons (Fsp3) is 0.250. The van der Waals surface area contributed by atoms with Crippen LogP contribution in [0, 0.1) is 6.92 Å².